The fraction of sp³-hybridized carbons (Fsp3) is 0.263. The van der Waals surface area contributed by atoms with E-state index >= 15 is 0 Å². The van der Waals surface area contributed by atoms with Crippen LogP contribution in [0.1, 0.15) is 43.0 Å². The Labute approximate surface area is 135 Å². The van der Waals surface area contributed by atoms with E-state index in [0.717, 1.165) is 34.2 Å². The summed E-state index contributed by atoms with van der Waals surface area (Å²) in [5.74, 6) is -0.927. The third kappa shape index (κ3) is 2.84. The fourth-order valence-electron chi connectivity index (χ4n) is 3.02. The van der Waals surface area contributed by atoms with Crippen LogP contribution in [-0.4, -0.2) is 28.4 Å². The average molecular weight is 309 g/mol. The molecule has 0 radical (unpaired) electrons. The molecule has 1 N–H and O–H groups in total. The Hall–Kier alpha value is -2.62. The molecule has 118 valence electrons. The van der Waals surface area contributed by atoms with E-state index in [1.165, 1.54) is 0 Å². The van der Waals surface area contributed by atoms with Crippen molar-refractivity contribution >= 4 is 11.9 Å². The van der Waals surface area contributed by atoms with Crippen molar-refractivity contribution in [1.82, 2.24) is 4.90 Å². The third-order valence-electron chi connectivity index (χ3n) is 4.59. The number of carbonyl (C=O) groups excluding carboxylic acids is 1. The minimum Gasteiger partial charge on any atom is -0.478 e. The van der Waals surface area contributed by atoms with Gasteiger partial charge >= 0.3 is 5.97 Å². The summed E-state index contributed by atoms with van der Waals surface area (Å²) in [6, 6.07) is 10.9. The molecule has 1 heterocycles. The van der Waals surface area contributed by atoms with Crippen molar-refractivity contribution in [3.8, 4) is 0 Å². The number of rotatable bonds is 2. The summed E-state index contributed by atoms with van der Waals surface area (Å²) in [4.78, 5) is 25.7. The number of amides is 1. The molecule has 0 unspecified atom stereocenters. The van der Waals surface area contributed by atoms with Gasteiger partial charge in [-0.3, -0.25) is 4.79 Å². The first-order chi connectivity index (χ1) is 11.0. The van der Waals surface area contributed by atoms with Crippen LogP contribution in [0, 0.1) is 13.8 Å². The van der Waals surface area contributed by atoms with E-state index < -0.39 is 5.97 Å². The Kier molecular flexibility index (Phi) is 3.90. The molecular weight excluding hydrogens is 290 g/mol. The monoisotopic (exact) mass is 309 g/mol. The molecule has 3 rings (SSSR count). The van der Waals surface area contributed by atoms with Crippen LogP contribution in [0.5, 0.6) is 0 Å². The predicted octanol–water partition coefficient (Wildman–Crippen LogP) is 3.20. The molecule has 23 heavy (non-hydrogen) atoms. The van der Waals surface area contributed by atoms with Crippen LogP contribution in [0.25, 0.3) is 0 Å². The molecule has 1 aliphatic heterocycles. The first kappa shape index (κ1) is 15.3. The van der Waals surface area contributed by atoms with E-state index in [2.05, 4.69) is 0 Å². The van der Waals surface area contributed by atoms with Gasteiger partial charge in [-0.25, -0.2) is 4.79 Å². The van der Waals surface area contributed by atoms with Crippen LogP contribution >= 0.6 is 0 Å². The molecular formula is C19H19NO3. The number of fused-ring (bicyclic) bond motifs is 1. The van der Waals surface area contributed by atoms with Gasteiger partial charge in [0, 0.05) is 18.7 Å². The molecule has 0 bridgehead atoms. The first-order valence-corrected chi connectivity index (χ1v) is 7.68. The van der Waals surface area contributed by atoms with Gasteiger partial charge in [0.05, 0.1) is 5.56 Å². The molecule has 0 atom stereocenters. The Bertz CT molecular complexity index is 795. The molecule has 2 aromatic carbocycles. The molecule has 2 aromatic rings. The van der Waals surface area contributed by atoms with Crippen LogP contribution in [0.4, 0.5) is 0 Å². The van der Waals surface area contributed by atoms with E-state index in [-0.39, 0.29) is 11.5 Å². The molecule has 0 saturated carbocycles. The fourth-order valence-corrected chi connectivity index (χ4v) is 3.02. The summed E-state index contributed by atoms with van der Waals surface area (Å²) < 4.78 is 0. The Morgan fingerprint density at radius 3 is 2.61 bits per heavy atom. The average Bonchev–Trinajstić information content (AvgIpc) is 2.55. The zero-order valence-electron chi connectivity index (χ0n) is 13.3. The quantitative estimate of drug-likeness (QED) is 0.927. The highest BCUT2D eigenvalue weighted by atomic mass is 16.4. The highest BCUT2D eigenvalue weighted by Crippen LogP contribution is 2.23. The summed E-state index contributed by atoms with van der Waals surface area (Å²) >= 11 is 0. The van der Waals surface area contributed by atoms with Crippen molar-refractivity contribution in [3.63, 3.8) is 0 Å². The zero-order valence-corrected chi connectivity index (χ0v) is 13.3. The standard InChI is InChI=1S/C19H19NO3/c1-12-4-3-5-17(13(12)2)18(21)20-9-8-14-6-7-15(19(22)23)10-16(14)11-20/h3-7,10H,8-9,11H2,1-2H3,(H,22,23). The van der Waals surface area contributed by atoms with Crippen LogP contribution in [-0.2, 0) is 13.0 Å². The highest BCUT2D eigenvalue weighted by molar-refractivity contribution is 5.96. The summed E-state index contributed by atoms with van der Waals surface area (Å²) in [5, 5.41) is 9.13. The molecule has 1 aliphatic rings. The van der Waals surface area contributed by atoms with Crippen molar-refractivity contribution in [2.24, 2.45) is 0 Å². The number of hydrogen-bond acceptors (Lipinski definition) is 2. The van der Waals surface area contributed by atoms with Crippen molar-refractivity contribution in [2.75, 3.05) is 6.54 Å². The lowest BCUT2D eigenvalue weighted by molar-refractivity contribution is 0.0696. The molecule has 0 aromatic heterocycles. The van der Waals surface area contributed by atoms with Crippen molar-refractivity contribution in [2.45, 2.75) is 26.8 Å². The topological polar surface area (TPSA) is 57.6 Å². The van der Waals surface area contributed by atoms with Gasteiger partial charge in [-0.1, -0.05) is 18.2 Å². The van der Waals surface area contributed by atoms with E-state index in [9.17, 15) is 9.59 Å². The van der Waals surface area contributed by atoms with Gasteiger partial charge in [0.25, 0.3) is 5.91 Å². The van der Waals surface area contributed by atoms with Gasteiger partial charge in [-0.05, 0) is 60.7 Å². The Morgan fingerprint density at radius 1 is 1.09 bits per heavy atom. The molecule has 0 fully saturated rings. The van der Waals surface area contributed by atoms with Crippen molar-refractivity contribution in [1.29, 1.82) is 0 Å². The van der Waals surface area contributed by atoms with E-state index in [4.69, 9.17) is 5.11 Å². The van der Waals surface area contributed by atoms with Gasteiger partial charge in [0.1, 0.15) is 0 Å². The SMILES string of the molecule is Cc1cccc(C(=O)N2CCc3ccc(C(=O)O)cc3C2)c1C. The minimum atomic E-state index is -0.939. The highest BCUT2D eigenvalue weighted by Gasteiger charge is 2.23. The van der Waals surface area contributed by atoms with Gasteiger partial charge in [-0.15, -0.1) is 0 Å². The summed E-state index contributed by atoms with van der Waals surface area (Å²) in [7, 11) is 0. The van der Waals surface area contributed by atoms with E-state index in [1.807, 2.05) is 38.1 Å². The summed E-state index contributed by atoms with van der Waals surface area (Å²) in [6.07, 6.45) is 0.756. The summed E-state index contributed by atoms with van der Waals surface area (Å²) in [5.41, 5.74) is 5.14. The second-order valence-corrected chi connectivity index (χ2v) is 6.01. The number of aryl methyl sites for hydroxylation is 1. The first-order valence-electron chi connectivity index (χ1n) is 7.68. The lowest BCUT2D eigenvalue weighted by atomic mass is 9.96. The molecule has 4 heteroatoms. The number of nitrogens with zero attached hydrogens (tertiary/aromatic N) is 1. The Balaban J connectivity index is 1.89. The van der Waals surface area contributed by atoms with Gasteiger partial charge in [-0.2, -0.15) is 0 Å². The third-order valence-corrected chi connectivity index (χ3v) is 4.59. The molecule has 0 aliphatic carbocycles. The number of carboxylic acids is 1. The maximum atomic E-state index is 12.8. The molecule has 0 saturated heterocycles. The van der Waals surface area contributed by atoms with Gasteiger partial charge in [0.15, 0.2) is 0 Å². The number of aromatic carboxylic acids is 1. The van der Waals surface area contributed by atoms with Crippen molar-refractivity contribution in [3.05, 3.63) is 69.8 Å². The van der Waals surface area contributed by atoms with Gasteiger partial charge < -0.3 is 10.0 Å². The van der Waals surface area contributed by atoms with E-state index in [1.54, 1.807) is 17.0 Å². The number of carboxylic acid groups (broad SMARTS) is 1. The predicted molar refractivity (Wildman–Crippen MR) is 87.8 cm³/mol. The van der Waals surface area contributed by atoms with Crippen molar-refractivity contribution < 1.29 is 14.7 Å². The van der Waals surface area contributed by atoms with E-state index in [0.29, 0.717) is 13.1 Å². The maximum absolute atomic E-state index is 12.8. The van der Waals surface area contributed by atoms with Crippen LogP contribution < -0.4 is 0 Å². The Morgan fingerprint density at radius 2 is 1.87 bits per heavy atom. The maximum Gasteiger partial charge on any atom is 0.335 e. The molecule has 1 amide bonds. The lowest BCUT2D eigenvalue weighted by Gasteiger charge is -2.29. The zero-order chi connectivity index (χ0) is 16.6. The largest absolute Gasteiger partial charge is 0.478 e. The van der Waals surface area contributed by atoms with Crippen LogP contribution in [0.2, 0.25) is 0 Å². The summed E-state index contributed by atoms with van der Waals surface area (Å²) in [6.45, 7) is 5.08. The molecule has 0 spiro atoms. The molecule has 4 nitrogen and oxygen atoms in total. The van der Waals surface area contributed by atoms with Crippen LogP contribution in [0.15, 0.2) is 36.4 Å². The number of hydrogen-bond donors (Lipinski definition) is 1. The number of benzene rings is 2. The smallest absolute Gasteiger partial charge is 0.335 e. The second-order valence-electron chi connectivity index (χ2n) is 6.01. The normalized spacial score (nSPS) is 13.6. The van der Waals surface area contributed by atoms with Gasteiger partial charge in [0.2, 0.25) is 0 Å². The number of carbonyl (C=O) groups is 2. The van der Waals surface area contributed by atoms with Crippen LogP contribution in [0.3, 0.4) is 0 Å². The minimum absolute atomic E-state index is 0.0116. The second kappa shape index (κ2) is 5.88. The lowest BCUT2D eigenvalue weighted by Crippen LogP contribution is -2.36.